The van der Waals surface area contributed by atoms with E-state index in [0.717, 1.165) is 16.6 Å². The third kappa shape index (κ3) is 2.89. The molecule has 0 aliphatic carbocycles. The normalized spacial score (nSPS) is 13.4. The summed E-state index contributed by atoms with van der Waals surface area (Å²) in [5, 5.41) is 1.02. The van der Waals surface area contributed by atoms with Crippen LogP contribution in [0.4, 0.5) is 5.69 Å². The largest absolute Gasteiger partial charge is 0.490 e. The van der Waals surface area contributed by atoms with E-state index in [1.165, 1.54) is 0 Å². The molecule has 0 radical (unpaired) electrons. The van der Waals surface area contributed by atoms with E-state index in [1.807, 2.05) is 54.6 Å². The van der Waals surface area contributed by atoms with Crippen molar-refractivity contribution in [2.24, 2.45) is 0 Å². The minimum Gasteiger partial charge on any atom is -0.490 e. The number of nitrogens with zero attached hydrogens (tertiary/aromatic N) is 2. The van der Waals surface area contributed by atoms with Crippen LogP contribution in [-0.4, -0.2) is 29.5 Å². The Balaban J connectivity index is 1.47. The van der Waals surface area contributed by atoms with Crippen LogP contribution in [0.25, 0.3) is 10.9 Å². The summed E-state index contributed by atoms with van der Waals surface area (Å²) in [7, 11) is 0. The average molecular weight is 334 g/mol. The zero-order valence-electron chi connectivity index (χ0n) is 13.7. The molecular formula is C20H18N2O3. The van der Waals surface area contributed by atoms with Crippen LogP contribution in [0.5, 0.6) is 5.75 Å². The van der Waals surface area contributed by atoms with E-state index in [0.29, 0.717) is 18.9 Å². The Morgan fingerprint density at radius 3 is 2.60 bits per heavy atom. The maximum Gasteiger partial charge on any atom is 0.231 e. The Labute approximate surface area is 145 Å². The number of carbonyl (C=O) groups excluding carboxylic acids is 2. The summed E-state index contributed by atoms with van der Waals surface area (Å²) < 4.78 is 7.19. The lowest BCUT2D eigenvalue weighted by Gasteiger charge is -2.29. The van der Waals surface area contributed by atoms with Gasteiger partial charge in [0.15, 0.2) is 0 Å². The minimum atomic E-state index is -0.0731. The molecule has 25 heavy (non-hydrogen) atoms. The van der Waals surface area contributed by atoms with Crippen LogP contribution >= 0.6 is 0 Å². The lowest BCUT2D eigenvalue weighted by Crippen LogP contribution is -2.38. The van der Waals surface area contributed by atoms with Gasteiger partial charge in [-0.15, -0.1) is 0 Å². The predicted octanol–water partition coefficient (Wildman–Crippen LogP) is 3.49. The first-order valence-corrected chi connectivity index (χ1v) is 8.35. The van der Waals surface area contributed by atoms with Gasteiger partial charge in [0.05, 0.1) is 17.7 Å². The van der Waals surface area contributed by atoms with Gasteiger partial charge in [-0.05, 0) is 24.3 Å². The molecule has 0 bridgehead atoms. The quantitative estimate of drug-likeness (QED) is 0.737. The van der Waals surface area contributed by atoms with Crippen molar-refractivity contribution >= 4 is 28.4 Å². The number of carbonyl (C=O) groups is 2. The summed E-state index contributed by atoms with van der Waals surface area (Å²) in [6.45, 7) is 0.982. The zero-order chi connectivity index (χ0) is 17.2. The summed E-state index contributed by atoms with van der Waals surface area (Å²) in [4.78, 5) is 26.8. The van der Waals surface area contributed by atoms with E-state index in [-0.39, 0.29) is 24.7 Å². The molecule has 0 atom stereocenters. The number of rotatable bonds is 3. The van der Waals surface area contributed by atoms with Crippen molar-refractivity contribution in [1.82, 2.24) is 4.57 Å². The molecule has 2 heterocycles. The van der Waals surface area contributed by atoms with E-state index >= 15 is 0 Å². The van der Waals surface area contributed by atoms with E-state index in [4.69, 9.17) is 4.74 Å². The van der Waals surface area contributed by atoms with Gasteiger partial charge >= 0.3 is 0 Å². The van der Waals surface area contributed by atoms with Crippen LogP contribution < -0.4 is 9.64 Å². The fraction of sp³-hybridized carbons (Fsp3) is 0.200. The third-order valence-electron chi connectivity index (χ3n) is 4.45. The van der Waals surface area contributed by atoms with Gasteiger partial charge in [-0.3, -0.25) is 14.2 Å². The Morgan fingerprint density at radius 1 is 0.920 bits per heavy atom. The lowest BCUT2D eigenvalue weighted by atomic mass is 10.2. The molecule has 1 aliphatic heterocycles. The molecule has 0 spiro atoms. The van der Waals surface area contributed by atoms with E-state index < -0.39 is 0 Å². The van der Waals surface area contributed by atoms with Gasteiger partial charge in [-0.2, -0.15) is 0 Å². The zero-order valence-corrected chi connectivity index (χ0v) is 13.7. The first-order chi connectivity index (χ1) is 12.2. The highest BCUT2D eigenvalue weighted by Gasteiger charge is 2.23. The standard InChI is InChI=1S/C20H18N2O3/c23-19(21-12-11-15-5-1-2-6-16(15)21)9-10-20(24)22-13-14-25-18-8-4-3-7-17(18)22/h1-8,11-12H,9-10,13-14H2. The summed E-state index contributed by atoms with van der Waals surface area (Å²) >= 11 is 0. The van der Waals surface area contributed by atoms with Crippen molar-refractivity contribution in [3.05, 3.63) is 60.8 Å². The molecule has 5 nitrogen and oxygen atoms in total. The maximum atomic E-state index is 12.6. The Bertz CT molecular complexity index is 945. The average Bonchev–Trinajstić information content (AvgIpc) is 3.09. The van der Waals surface area contributed by atoms with Crippen LogP contribution in [-0.2, 0) is 4.79 Å². The molecule has 5 heteroatoms. The second-order valence-electron chi connectivity index (χ2n) is 6.00. The van der Waals surface area contributed by atoms with Gasteiger partial charge < -0.3 is 9.64 Å². The number of benzene rings is 2. The fourth-order valence-electron chi connectivity index (χ4n) is 3.20. The molecule has 0 unspecified atom stereocenters. The van der Waals surface area contributed by atoms with Crippen LogP contribution in [0.15, 0.2) is 60.8 Å². The SMILES string of the molecule is O=C(CCC(=O)n1ccc2ccccc21)N1CCOc2ccccc21. The van der Waals surface area contributed by atoms with E-state index in [1.54, 1.807) is 15.7 Å². The van der Waals surface area contributed by atoms with Crippen LogP contribution in [0.2, 0.25) is 0 Å². The molecule has 1 aromatic heterocycles. The third-order valence-corrected chi connectivity index (χ3v) is 4.45. The number of fused-ring (bicyclic) bond motifs is 2. The summed E-state index contributed by atoms with van der Waals surface area (Å²) in [6, 6.07) is 17.1. The molecule has 4 rings (SSSR count). The summed E-state index contributed by atoms with van der Waals surface area (Å²) in [5.74, 6) is 0.585. The smallest absolute Gasteiger partial charge is 0.231 e. The molecular weight excluding hydrogens is 316 g/mol. The molecule has 1 amide bonds. The van der Waals surface area contributed by atoms with Crippen LogP contribution in [0, 0.1) is 0 Å². The van der Waals surface area contributed by atoms with Crippen LogP contribution in [0.1, 0.15) is 17.6 Å². The number of amides is 1. The topological polar surface area (TPSA) is 51.5 Å². The monoisotopic (exact) mass is 334 g/mol. The van der Waals surface area contributed by atoms with Gasteiger partial charge in [0.1, 0.15) is 12.4 Å². The van der Waals surface area contributed by atoms with Crippen molar-refractivity contribution in [2.45, 2.75) is 12.8 Å². The second-order valence-corrected chi connectivity index (χ2v) is 6.00. The van der Waals surface area contributed by atoms with Gasteiger partial charge in [-0.1, -0.05) is 30.3 Å². The number of aromatic nitrogens is 1. The number of ether oxygens (including phenoxy) is 1. The van der Waals surface area contributed by atoms with Gasteiger partial charge in [-0.25, -0.2) is 0 Å². The fourth-order valence-corrected chi connectivity index (χ4v) is 3.20. The maximum absolute atomic E-state index is 12.6. The van der Waals surface area contributed by atoms with Crippen molar-refractivity contribution in [3.63, 3.8) is 0 Å². The molecule has 0 saturated heterocycles. The second kappa shape index (κ2) is 6.43. The molecule has 0 saturated carbocycles. The highest BCUT2D eigenvalue weighted by molar-refractivity contribution is 5.98. The van der Waals surface area contributed by atoms with Crippen molar-refractivity contribution in [1.29, 1.82) is 0 Å². The van der Waals surface area contributed by atoms with Gasteiger partial charge in [0.25, 0.3) is 0 Å². The Kier molecular flexibility index (Phi) is 3.98. The highest BCUT2D eigenvalue weighted by Crippen LogP contribution is 2.31. The summed E-state index contributed by atoms with van der Waals surface area (Å²) in [6.07, 6.45) is 2.12. The lowest BCUT2D eigenvalue weighted by molar-refractivity contribution is -0.118. The molecule has 126 valence electrons. The molecule has 0 N–H and O–H groups in total. The number of hydrogen-bond donors (Lipinski definition) is 0. The molecule has 2 aromatic carbocycles. The molecule has 3 aromatic rings. The molecule has 1 aliphatic rings. The Morgan fingerprint density at radius 2 is 1.68 bits per heavy atom. The van der Waals surface area contributed by atoms with Crippen molar-refractivity contribution in [2.75, 3.05) is 18.1 Å². The van der Waals surface area contributed by atoms with Crippen molar-refractivity contribution < 1.29 is 14.3 Å². The highest BCUT2D eigenvalue weighted by atomic mass is 16.5. The number of anilines is 1. The number of hydrogen-bond acceptors (Lipinski definition) is 3. The first-order valence-electron chi connectivity index (χ1n) is 8.35. The van der Waals surface area contributed by atoms with Gasteiger partial charge in [0, 0.05) is 24.4 Å². The Hall–Kier alpha value is -3.08. The van der Waals surface area contributed by atoms with E-state index in [9.17, 15) is 9.59 Å². The first kappa shape index (κ1) is 15.4. The van der Waals surface area contributed by atoms with Crippen LogP contribution in [0.3, 0.4) is 0 Å². The van der Waals surface area contributed by atoms with Gasteiger partial charge in [0.2, 0.25) is 11.8 Å². The van der Waals surface area contributed by atoms with Crippen molar-refractivity contribution in [3.8, 4) is 5.75 Å². The van der Waals surface area contributed by atoms with E-state index in [2.05, 4.69) is 0 Å². The predicted molar refractivity (Wildman–Crippen MR) is 96.1 cm³/mol. The number of para-hydroxylation sites is 3. The molecule has 0 fully saturated rings. The minimum absolute atomic E-state index is 0.0550. The summed E-state index contributed by atoms with van der Waals surface area (Å²) in [5.41, 5.74) is 1.65.